The number of hydrogen-bond donors (Lipinski definition) is 8. The molecule has 0 saturated heterocycles. The number of nitrogens with zero attached hydrogens (tertiary/aromatic N) is 10. The zero-order valence-electron chi connectivity index (χ0n) is 85.1. The minimum atomic E-state index is -1.13. The molecule has 139 heavy (non-hydrogen) atoms. The van der Waals surface area contributed by atoms with E-state index in [0.29, 0.717) is 82.4 Å². The van der Waals surface area contributed by atoms with E-state index in [1.54, 1.807) is 111 Å². The number of methoxy groups -OCH3 is 1. The van der Waals surface area contributed by atoms with Gasteiger partial charge in [0.25, 0.3) is 0 Å². The van der Waals surface area contributed by atoms with Crippen molar-refractivity contribution in [2.75, 3.05) is 35.3 Å². The number of hydrogen-bond acceptors (Lipinski definition) is 29. The number of amides is 10. The summed E-state index contributed by atoms with van der Waals surface area (Å²) in [5, 5.41) is 47.9. The van der Waals surface area contributed by atoms with Crippen molar-refractivity contribution in [2.45, 2.75) is 374 Å². The van der Waals surface area contributed by atoms with Crippen molar-refractivity contribution in [2.24, 2.45) is 11.8 Å². The zero-order chi connectivity index (χ0) is 104. The number of halogens is 6. The minimum Gasteiger partial charge on any atom is -0.0379 e. The first-order valence-electron chi connectivity index (χ1n) is 44.5. The second-order valence-corrected chi connectivity index (χ2v) is 58.6. The number of aliphatic hydroxyl groups is 1. The molecule has 0 fully saturated rings. The second kappa shape index (κ2) is 73.9. The summed E-state index contributed by atoms with van der Waals surface area (Å²) in [5.41, 5.74) is 5.16. The van der Waals surface area contributed by atoms with E-state index in [9.17, 15) is 58.2 Å². The smallest absolute Gasteiger partial charge is 0.0379 e. The van der Waals surface area contributed by atoms with E-state index in [0.717, 1.165) is 59.0 Å². The van der Waals surface area contributed by atoms with Crippen molar-refractivity contribution < 1.29 is 99.8 Å². The van der Waals surface area contributed by atoms with E-state index in [4.69, 9.17) is 29.8 Å². The normalized spacial score (nSPS) is 13.6. The van der Waals surface area contributed by atoms with Crippen LogP contribution in [0.3, 0.4) is 0 Å². The third-order valence-corrected chi connectivity index (χ3v) is 25.2. The van der Waals surface area contributed by atoms with Gasteiger partial charge in [0.05, 0.1) is 138 Å². The van der Waals surface area contributed by atoms with Crippen LogP contribution in [0.2, 0.25) is 0 Å². The van der Waals surface area contributed by atoms with Crippen LogP contribution in [0.1, 0.15) is 310 Å². The Bertz CT molecular complexity index is 4440. The van der Waals surface area contributed by atoms with Crippen LogP contribution < -0.4 is 45.2 Å². The summed E-state index contributed by atoms with van der Waals surface area (Å²) < 4.78 is 38.0. The molecule has 0 aliphatic carbocycles. The summed E-state index contributed by atoms with van der Waals surface area (Å²) in [7, 11) is 11.6. The molecule has 6 rings (SSSR count). The monoisotopic (exact) mass is 2740 g/mol. The van der Waals surface area contributed by atoms with E-state index >= 15 is 0 Å². The molecule has 4 unspecified atom stereocenters. The molecular weight excluding hydrogens is 2580 g/mol. The average Bonchev–Trinajstić information content (AvgIpc) is 1.42. The molecule has 0 aliphatic rings. The van der Waals surface area contributed by atoms with Crippen LogP contribution in [0.4, 0.5) is 28.8 Å². The number of aliphatic carboxylic acids is 1. The maximum absolute atomic E-state index is 13.5. The van der Waals surface area contributed by atoms with Gasteiger partial charge in [-0.25, -0.2) is 58.3 Å². The Hall–Kier alpha value is -4.04. The van der Waals surface area contributed by atoms with Gasteiger partial charge >= 0.3 is 98.7 Å². The number of alkyl carbamates (subject to hydrolysis) is 2. The molecule has 10 amide bonds. The van der Waals surface area contributed by atoms with Gasteiger partial charge in [-0.15, -0.1) is 92.0 Å². The molecule has 6 aromatic rings. The fraction of sp³-hybridized carbons (Fsp3) is 0.696. The predicted molar refractivity (Wildman–Crippen MR) is 607 cm³/mol. The van der Waals surface area contributed by atoms with Gasteiger partial charge in [0.2, 0.25) is 0 Å². The Labute approximate surface area is 926 Å². The molecule has 798 valence electrons. The Kier molecular flexibility index (Phi) is 75.1. The van der Waals surface area contributed by atoms with Crippen molar-refractivity contribution >= 4 is 235 Å². The number of carboxylic acid groups (broad SMARTS) is 1. The summed E-state index contributed by atoms with van der Waals surface area (Å²) in [6.07, 6.45) is 2.83. The minimum absolute atomic E-state index is 0. The van der Waals surface area contributed by atoms with Gasteiger partial charge in [-0.05, 0) is 143 Å². The van der Waals surface area contributed by atoms with E-state index in [2.05, 4.69) is 200 Å². The van der Waals surface area contributed by atoms with Gasteiger partial charge in [0, 0.05) is 156 Å². The van der Waals surface area contributed by atoms with E-state index in [1.807, 2.05) is 118 Å². The van der Waals surface area contributed by atoms with Crippen molar-refractivity contribution in [1.29, 1.82) is 1.34 Å². The number of nitrogens with one attached hydrogen (secondary N) is 6. The number of esters is 1. The molecule has 6 heterocycles. The number of rotatable bonds is 43. The van der Waals surface area contributed by atoms with Crippen LogP contribution in [-0.4, -0.2) is 242 Å². The number of urea groups is 4. The van der Waals surface area contributed by atoms with Gasteiger partial charge in [-0.1, -0.05) is 91.5 Å². The summed E-state index contributed by atoms with van der Waals surface area (Å²) >= 11 is 18.7. The number of carbonyl (C=O) groups excluding carboxylic acids is 9. The molecule has 47 heteroatoms. The van der Waals surface area contributed by atoms with Crippen LogP contribution in [0, 0.1) is 11.8 Å². The van der Waals surface area contributed by atoms with Gasteiger partial charge < -0.3 is 90.1 Å². The fourth-order valence-electron chi connectivity index (χ4n) is 12.3. The number of aromatic nitrogens is 6. The first-order chi connectivity index (χ1) is 63.4. The Balaban J connectivity index is -0.000000570. The topological polar surface area (TPSA) is 429 Å². The zero-order valence-corrected chi connectivity index (χ0v) is 102. The second-order valence-electron chi connectivity index (χ2n) is 36.8. The summed E-state index contributed by atoms with van der Waals surface area (Å²) in [6.45, 7) is 49.7. The quantitative estimate of drug-likeness (QED) is 0.00763. The number of ether oxygens (including phenoxy) is 6. The molecule has 34 nitrogen and oxygen atoms in total. The molecule has 0 spiro atoms. The van der Waals surface area contributed by atoms with Crippen LogP contribution in [-0.2, 0) is 87.0 Å². The molecule has 2 radical (unpaired) electrons. The Morgan fingerprint density at radius 3 is 0.942 bits per heavy atom. The maximum Gasteiger partial charge on any atom is 0.0379 e. The van der Waals surface area contributed by atoms with Gasteiger partial charge in [0.15, 0.2) is 23.7 Å². The molecule has 6 aromatic heterocycles. The molecular formula is C92H160BI6N16O18S6-. The third kappa shape index (κ3) is 61.4. The Morgan fingerprint density at radius 1 is 0.439 bits per heavy atom. The van der Waals surface area contributed by atoms with Crippen molar-refractivity contribution in [3.8, 4) is 0 Å². The molecule has 8 N–H and O–H groups in total. The summed E-state index contributed by atoms with van der Waals surface area (Å²) in [4.78, 5) is 158. The molecule has 0 bridgehead atoms. The number of Topliss-reactive ketones (excluding diaryl/α,β-unsaturated/α-hetero) is 2. The van der Waals surface area contributed by atoms with Gasteiger partial charge in [-0.3, -0.25) is 19.6 Å². The van der Waals surface area contributed by atoms with Gasteiger partial charge in [0.1, 0.15) is 25.3 Å². The Morgan fingerprint density at radius 2 is 0.698 bits per heavy atom. The van der Waals surface area contributed by atoms with Crippen molar-refractivity contribution in [3.63, 3.8) is 0 Å². The van der Waals surface area contributed by atoms with Gasteiger partial charge in [-0.2, -0.15) is 0 Å². The van der Waals surface area contributed by atoms with Crippen LogP contribution >= 0.6 is 166 Å². The molecule has 0 aromatic carbocycles. The van der Waals surface area contributed by atoms with E-state index < -0.39 is 102 Å². The number of ketones is 2. The summed E-state index contributed by atoms with van der Waals surface area (Å²) in [6, 6.07) is -5.73. The van der Waals surface area contributed by atoms with E-state index in [-0.39, 0.29) is 120 Å². The van der Waals surface area contributed by atoms with Crippen molar-refractivity contribution in [3.05, 3.63) is 97.5 Å². The van der Waals surface area contributed by atoms with Crippen LogP contribution in [0.15, 0.2) is 44.9 Å². The largest absolute Gasteiger partial charge is 0.0379 e. The van der Waals surface area contributed by atoms with Crippen LogP contribution in [0.5, 0.6) is 0 Å². The number of aliphatic hydroxyl groups excluding tert-OH is 1. The molecule has 12 atom stereocenters. The number of carboxylic acids is 1. The first-order valence-corrected chi connectivity index (χ1v) is 68.0. The predicted octanol–water partition coefficient (Wildman–Crippen LogP) is 19.1. The molecule has 0 saturated carbocycles. The third-order valence-electron chi connectivity index (χ3n) is 18.9. The summed E-state index contributed by atoms with van der Waals surface area (Å²) in [5.74, 6) is -0.604. The number of thiazole rings is 6. The maximum atomic E-state index is 13.5. The van der Waals surface area contributed by atoms with Crippen molar-refractivity contribution in [1.82, 2.24) is 81.4 Å². The number of carbonyl (C=O) groups is 10. The fourth-order valence-corrected chi connectivity index (χ4v) is 16.6. The standard InChI is InChI=1S/C29H47N5O5S2.C25H39N5O5S2.C18H31N3O4S.C17H29N3O4S.3CH4.BH.I3.I2.HI/c1-18(2)26-32-22(16-40-26)14-34(9)27(36)33-25(21(5)39-29(6,7)8)24(35)12-19(3)10-11-20(4)31-28(37)38-15-23-13-30-17-41-23;1-15(2)23-28-19(13-36-23)11-30(6)24(33)29-22(18(5)31)21(32)9-16(3)7-8-17(4)27-25(34)35-12-20-10-26-14-37-20;1-11(2)15-19-13(10-26-15)9-21(7)17(23)20-14(16(22)24-8)12(3)25-18(4,5)6;1-10(2)14-18-12(9-25-14)8-20(7)16(23)19-13(15(21)22)11(3)24-17(4,5)6;;;;;1-3-2;1-2;/h13,16-21,25H,10-12,14-15H2,1-9H3,(H,31,37)(H,33,36);10,13-18,22,31H,7-9,11-12H2,1-6H3,(H,27,34)(H,29,33);10-12,14H,9H2,1-8H3,(H,20,23);9-11,13H,8H2,1-7H3,(H,19,23)(H,21,22);3*1H4;1H;;;1H/q;;;;;;;;-1;;/t19-,20-,21?,25-;16-,17-,18?,22-;12?,14-;11?,13-;;;;;;;/m0000......./s1/i;;;;;;;1D;;;. The molecule has 0 aliphatic heterocycles. The average molecular weight is 2740 g/mol. The van der Waals surface area contributed by atoms with E-state index in [1.165, 1.54) is 56.3 Å². The first kappa shape index (κ1) is 141. The SMILES string of the molecule is C.C.C.CC(C)c1nc(CN(C)C(=O)N[C@H](C(=O)C[C@@H](C)CC[C@H](C)NC(=O)OCc2cncs2)C(C)O)cs1.CC(C)c1nc(CN(C)C(=O)N[C@H](C(=O)C[C@@H](C)CC[C@H](C)NC(=O)OCc2cncs2)C(C)OC(C)(C)C)cs1.CC(C)c1nc(CN(C)C(=O)N[C@H](C(=O)O)C(C)OC(C)(C)C)cs1.COC(=O)[C@@H](NC(=O)N(C)Cc1csc(C(C)C)n1)C(C)OC(C)(C)C.I.II.I[I-]I.[2H][B]. The van der Waals surface area contributed by atoms with Crippen LogP contribution in [0.25, 0.3) is 0 Å².